The van der Waals surface area contributed by atoms with E-state index < -0.39 is 27.7 Å². The summed E-state index contributed by atoms with van der Waals surface area (Å²) in [6.45, 7) is 1.72. The Morgan fingerprint density at radius 3 is 2.74 bits per heavy atom. The Kier molecular flexibility index (Phi) is 5.13. The molecule has 1 saturated heterocycles. The highest BCUT2D eigenvalue weighted by molar-refractivity contribution is 7.91. The van der Waals surface area contributed by atoms with E-state index in [0.29, 0.717) is 17.7 Å². The van der Waals surface area contributed by atoms with Gasteiger partial charge in [0.2, 0.25) is 0 Å². The van der Waals surface area contributed by atoms with Crippen molar-refractivity contribution in [1.82, 2.24) is 10.2 Å². The van der Waals surface area contributed by atoms with Crippen molar-refractivity contribution in [3.8, 4) is 5.75 Å². The first-order chi connectivity index (χ1) is 10.7. The molecule has 1 fully saturated rings. The third-order valence-corrected chi connectivity index (χ3v) is 5.83. The Morgan fingerprint density at radius 1 is 1.48 bits per heavy atom. The first kappa shape index (κ1) is 17.5. The number of amides is 2. The number of nitrogens with one attached hydrogen (secondary N) is 1. The number of nitrogens with zero attached hydrogens (tertiary/aromatic N) is 1. The van der Waals surface area contributed by atoms with Crippen molar-refractivity contribution in [1.29, 1.82) is 0 Å². The summed E-state index contributed by atoms with van der Waals surface area (Å²) >= 11 is 0. The van der Waals surface area contributed by atoms with Gasteiger partial charge in [-0.15, -0.1) is 0 Å². The largest absolute Gasteiger partial charge is 0.496 e. The lowest BCUT2D eigenvalue weighted by Crippen LogP contribution is -2.44. The number of sulfone groups is 1. The van der Waals surface area contributed by atoms with Crippen LogP contribution in [0, 0.1) is 5.82 Å². The van der Waals surface area contributed by atoms with E-state index in [4.69, 9.17) is 4.74 Å². The van der Waals surface area contributed by atoms with Crippen molar-refractivity contribution in [2.45, 2.75) is 25.4 Å². The maximum atomic E-state index is 13.4. The van der Waals surface area contributed by atoms with Gasteiger partial charge in [0.25, 0.3) is 0 Å². The quantitative estimate of drug-likeness (QED) is 0.902. The summed E-state index contributed by atoms with van der Waals surface area (Å²) in [5, 5.41) is 2.75. The number of hydrogen-bond donors (Lipinski definition) is 1. The molecule has 2 rings (SSSR count). The van der Waals surface area contributed by atoms with Crippen molar-refractivity contribution in [3.63, 3.8) is 0 Å². The molecule has 0 saturated carbocycles. The Balaban J connectivity index is 2.06. The normalized spacial score (nSPS) is 20.8. The number of benzene rings is 1. The zero-order valence-electron chi connectivity index (χ0n) is 13.4. The van der Waals surface area contributed by atoms with Crippen LogP contribution in [0.15, 0.2) is 18.2 Å². The highest BCUT2D eigenvalue weighted by Gasteiger charge is 2.33. The van der Waals surface area contributed by atoms with Crippen LogP contribution >= 0.6 is 0 Å². The van der Waals surface area contributed by atoms with Crippen molar-refractivity contribution in [2.75, 3.05) is 25.7 Å². The van der Waals surface area contributed by atoms with Crippen LogP contribution in [0.2, 0.25) is 0 Å². The van der Waals surface area contributed by atoms with Crippen LogP contribution in [0.5, 0.6) is 5.75 Å². The second-order valence-electron chi connectivity index (χ2n) is 5.73. The minimum Gasteiger partial charge on any atom is -0.496 e. The van der Waals surface area contributed by atoms with Crippen LogP contribution < -0.4 is 10.1 Å². The van der Waals surface area contributed by atoms with Crippen molar-refractivity contribution in [3.05, 3.63) is 29.6 Å². The Labute approximate surface area is 135 Å². The Morgan fingerprint density at radius 2 is 2.17 bits per heavy atom. The van der Waals surface area contributed by atoms with E-state index in [0.717, 1.165) is 0 Å². The first-order valence-electron chi connectivity index (χ1n) is 7.30. The summed E-state index contributed by atoms with van der Waals surface area (Å²) in [7, 11) is -0.0233. The van der Waals surface area contributed by atoms with Gasteiger partial charge in [-0.1, -0.05) is 0 Å². The maximum absolute atomic E-state index is 13.4. The third-order valence-electron chi connectivity index (χ3n) is 4.07. The summed E-state index contributed by atoms with van der Waals surface area (Å²) in [6.07, 6.45) is 0.434. The van der Waals surface area contributed by atoms with Crippen molar-refractivity contribution in [2.24, 2.45) is 0 Å². The first-order valence-corrected chi connectivity index (χ1v) is 9.13. The predicted molar refractivity (Wildman–Crippen MR) is 84.7 cm³/mol. The van der Waals surface area contributed by atoms with Gasteiger partial charge >= 0.3 is 6.03 Å². The molecule has 6 nitrogen and oxygen atoms in total. The molecule has 1 aliphatic heterocycles. The van der Waals surface area contributed by atoms with E-state index in [1.54, 1.807) is 14.0 Å². The smallest absolute Gasteiger partial charge is 0.317 e. The fraction of sp³-hybridized carbons (Fsp3) is 0.533. The minimum absolute atomic E-state index is 0.0193. The molecule has 23 heavy (non-hydrogen) atoms. The number of carbonyl (C=O) groups is 1. The predicted octanol–water partition coefficient (Wildman–Crippen LogP) is 1.72. The van der Waals surface area contributed by atoms with E-state index in [2.05, 4.69) is 5.32 Å². The highest BCUT2D eigenvalue weighted by Crippen LogP contribution is 2.26. The fourth-order valence-corrected chi connectivity index (χ4v) is 4.43. The standard InChI is InChI=1S/C15H21FN2O4S/c1-10(13-8-11(16)4-5-14(13)22-3)17-15(19)18(2)12-6-7-23(20,21)9-12/h4-5,8,10,12H,6-7,9H2,1-3H3,(H,17,19). The van der Waals surface area contributed by atoms with E-state index in [9.17, 15) is 17.6 Å². The zero-order valence-corrected chi connectivity index (χ0v) is 14.2. The molecule has 0 aliphatic carbocycles. The molecule has 1 aliphatic rings. The minimum atomic E-state index is -3.06. The van der Waals surface area contributed by atoms with Gasteiger partial charge in [-0.25, -0.2) is 17.6 Å². The number of carbonyl (C=O) groups excluding carboxylic acids is 1. The van der Waals surface area contributed by atoms with Gasteiger partial charge in [-0.3, -0.25) is 0 Å². The van der Waals surface area contributed by atoms with Crippen LogP contribution in [0.3, 0.4) is 0 Å². The second kappa shape index (κ2) is 6.74. The van der Waals surface area contributed by atoms with Crippen LogP contribution in [0.4, 0.5) is 9.18 Å². The molecule has 0 bridgehead atoms. The number of ether oxygens (including phenoxy) is 1. The molecule has 2 amide bonds. The molecule has 1 heterocycles. The number of halogens is 1. The average molecular weight is 344 g/mol. The van der Waals surface area contributed by atoms with Crippen molar-refractivity contribution >= 4 is 15.9 Å². The number of rotatable bonds is 4. The van der Waals surface area contributed by atoms with E-state index >= 15 is 0 Å². The topological polar surface area (TPSA) is 75.7 Å². The molecule has 1 aromatic rings. The van der Waals surface area contributed by atoms with Crippen LogP contribution in [-0.2, 0) is 9.84 Å². The maximum Gasteiger partial charge on any atom is 0.317 e. The van der Waals surface area contributed by atoms with Gasteiger partial charge < -0.3 is 15.0 Å². The van der Waals surface area contributed by atoms with Gasteiger partial charge in [0.05, 0.1) is 24.7 Å². The highest BCUT2D eigenvalue weighted by atomic mass is 32.2. The van der Waals surface area contributed by atoms with Gasteiger partial charge in [-0.05, 0) is 31.5 Å². The molecule has 2 unspecified atom stereocenters. The molecule has 128 valence electrons. The lowest BCUT2D eigenvalue weighted by Gasteiger charge is -2.26. The number of methoxy groups -OCH3 is 1. The van der Waals surface area contributed by atoms with Crippen LogP contribution in [0.25, 0.3) is 0 Å². The molecular formula is C15H21FN2O4S. The Bertz CT molecular complexity index is 693. The molecule has 0 aromatic heterocycles. The molecule has 2 atom stereocenters. The van der Waals surface area contributed by atoms with E-state index in [1.807, 2.05) is 0 Å². The van der Waals surface area contributed by atoms with Gasteiger partial charge in [0.15, 0.2) is 9.84 Å². The summed E-state index contributed by atoms with van der Waals surface area (Å²) in [4.78, 5) is 13.7. The number of urea groups is 1. The van der Waals surface area contributed by atoms with Gasteiger partial charge in [0.1, 0.15) is 11.6 Å². The lowest BCUT2D eigenvalue weighted by atomic mass is 10.1. The fourth-order valence-electron chi connectivity index (χ4n) is 2.66. The summed E-state index contributed by atoms with van der Waals surface area (Å²) < 4.78 is 41.6. The monoisotopic (exact) mass is 344 g/mol. The van der Waals surface area contributed by atoms with E-state index in [-0.39, 0.29) is 17.5 Å². The SMILES string of the molecule is COc1ccc(F)cc1C(C)NC(=O)N(C)C1CCS(=O)(=O)C1. The molecule has 1 aromatic carbocycles. The average Bonchev–Trinajstić information content (AvgIpc) is 2.86. The van der Waals surface area contributed by atoms with E-state index in [1.165, 1.54) is 30.2 Å². The van der Waals surface area contributed by atoms with Crippen LogP contribution in [0.1, 0.15) is 24.9 Å². The molecule has 1 N–H and O–H groups in total. The summed E-state index contributed by atoms with van der Waals surface area (Å²) in [5.74, 6) is 0.138. The number of hydrogen-bond acceptors (Lipinski definition) is 4. The molecule has 0 radical (unpaired) electrons. The van der Waals surface area contributed by atoms with Crippen LogP contribution in [-0.4, -0.2) is 51.1 Å². The lowest BCUT2D eigenvalue weighted by molar-refractivity contribution is 0.191. The second-order valence-corrected chi connectivity index (χ2v) is 7.95. The molecular weight excluding hydrogens is 323 g/mol. The van der Waals surface area contributed by atoms with Crippen molar-refractivity contribution < 1.29 is 22.3 Å². The van der Waals surface area contributed by atoms with Gasteiger partial charge in [0, 0.05) is 18.7 Å². The Hall–Kier alpha value is -1.83. The zero-order chi connectivity index (χ0) is 17.2. The summed E-state index contributed by atoms with van der Waals surface area (Å²) in [6, 6.07) is 2.89. The third kappa shape index (κ3) is 4.13. The molecule has 0 spiro atoms. The molecule has 8 heteroatoms. The summed E-state index contributed by atoms with van der Waals surface area (Å²) in [5.41, 5.74) is 0.522. The van der Waals surface area contributed by atoms with Gasteiger partial charge in [-0.2, -0.15) is 0 Å².